The molecule has 0 radical (unpaired) electrons. The first kappa shape index (κ1) is 14.8. The van der Waals surface area contributed by atoms with Gasteiger partial charge in [0, 0.05) is 23.5 Å². The molecule has 0 spiro atoms. The molecule has 5 nitrogen and oxygen atoms in total. The fourth-order valence-electron chi connectivity index (χ4n) is 2.18. The number of piperidine rings is 1. The first-order chi connectivity index (χ1) is 9.56. The maximum Gasteiger partial charge on any atom is 0.260 e. The highest BCUT2D eigenvalue weighted by Crippen LogP contribution is 2.18. The third-order valence-corrected chi connectivity index (χ3v) is 3.95. The number of nitrogens with two attached hydrogens (primary N) is 1. The number of rotatable bonds is 4. The molecular formula is C14H17BrN2O3. The van der Waals surface area contributed by atoms with Crippen LogP contribution < -0.4 is 10.5 Å². The summed E-state index contributed by atoms with van der Waals surface area (Å²) < 4.78 is 6.41. The Bertz CT molecular complexity index is 482. The van der Waals surface area contributed by atoms with Crippen molar-refractivity contribution in [3.8, 4) is 5.75 Å². The van der Waals surface area contributed by atoms with Gasteiger partial charge in [-0.1, -0.05) is 15.9 Å². The van der Waals surface area contributed by atoms with E-state index in [1.54, 1.807) is 17.0 Å². The van der Waals surface area contributed by atoms with E-state index in [1.807, 2.05) is 12.1 Å². The molecule has 1 heterocycles. The summed E-state index contributed by atoms with van der Waals surface area (Å²) in [5.41, 5.74) is 5.26. The zero-order valence-corrected chi connectivity index (χ0v) is 12.6. The number of benzene rings is 1. The lowest BCUT2D eigenvalue weighted by atomic mass is 9.96. The molecule has 108 valence electrons. The van der Waals surface area contributed by atoms with Crippen LogP contribution in [-0.4, -0.2) is 36.4 Å². The number of amides is 2. The Hall–Kier alpha value is -1.56. The summed E-state index contributed by atoms with van der Waals surface area (Å²) in [5.74, 6) is 0.221. The largest absolute Gasteiger partial charge is 0.484 e. The Morgan fingerprint density at radius 3 is 2.40 bits per heavy atom. The lowest BCUT2D eigenvalue weighted by Gasteiger charge is -2.30. The number of ether oxygens (including phenoxy) is 1. The second-order valence-electron chi connectivity index (χ2n) is 4.80. The minimum atomic E-state index is -0.275. The van der Waals surface area contributed by atoms with Crippen molar-refractivity contribution in [3.63, 3.8) is 0 Å². The normalized spacial score (nSPS) is 15.9. The van der Waals surface area contributed by atoms with Crippen LogP contribution in [0.4, 0.5) is 0 Å². The van der Waals surface area contributed by atoms with Crippen LogP contribution >= 0.6 is 15.9 Å². The van der Waals surface area contributed by atoms with E-state index < -0.39 is 0 Å². The van der Waals surface area contributed by atoms with Gasteiger partial charge in [-0.05, 0) is 37.1 Å². The van der Waals surface area contributed by atoms with Crippen LogP contribution in [0.25, 0.3) is 0 Å². The number of hydrogen-bond donors (Lipinski definition) is 1. The molecule has 2 amide bonds. The smallest absolute Gasteiger partial charge is 0.260 e. The predicted molar refractivity (Wildman–Crippen MR) is 78.1 cm³/mol. The van der Waals surface area contributed by atoms with Gasteiger partial charge in [-0.15, -0.1) is 0 Å². The molecule has 0 aromatic heterocycles. The quantitative estimate of drug-likeness (QED) is 0.903. The van der Waals surface area contributed by atoms with Crippen LogP contribution in [0.15, 0.2) is 28.7 Å². The molecule has 0 unspecified atom stereocenters. The highest BCUT2D eigenvalue weighted by molar-refractivity contribution is 9.10. The molecule has 2 rings (SSSR count). The molecule has 20 heavy (non-hydrogen) atoms. The highest BCUT2D eigenvalue weighted by atomic mass is 79.9. The number of carbonyl (C=O) groups is 2. The minimum Gasteiger partial charge on any atom is -0.484 e. The van der Waals surface area contributed by atoms with Gasteiger partial charge in [0.2, 0.25) is 5.91 Å². The minimum absolute atomic E-state index is 0.0167. The third kappa shape index (κ3) is 3.96. The Morgan fingerprint density at radius 1 is 1.25 bits per heavy atom. The summed E-state index contributed by atoms with van der Waals surface area (Å²) >= 11 is 3.34. The van der Waals surface area contributed by atoms with Gasteiger partial charge in [0.25, 0.3) is 5.91 Å². The van der Waals surface area contributed by atoms with Gasteiger partial charge in [0.1, 0.15) is 5.75 Å². The monoisotopic (exact) mass is 340 g/mol. The van der Waals surface area contributed by atoms with Crippen molar-refractivity contribution >= 4 is 27.7 Å². The van der Waals surface area contributed by atoms with Crippen LogP contribution in [-0.2, 0) is 9.59 Å². The molecule has 1 fully saturated rings. The first-order valence-corrected chi connectivity index (χ1v) is 7.31. The standard InChI is InChI=1S/C14H17BrN2O3/c15-11-1-3-12(4-2-11)20-9-13(18)17-7-5-10(6-8-17)14(16)19/h1-4,10H,5-9H2,(H2,16,19). The molecule has 2 N–H and O–H groups in total. The Labute approximate surface area is 126 Å². The van der Waals surface area contributed by atoms with Gasteiger partial charge in [-0.3, -0.25) is 9.59 Å². The molecular weight excluding hydrogens is 324 g/mol. The van der Waals surface area contributed by atoms with Gasteiger partial charge in [-0.25, -0.2) is 0 Å². The maximum absolute atomic E-state index is 12.0. The Balaban J connectivity index is 1.78. The van der Waals surface area contributed by atoms with Crippen LogP contribution in [0.3, 0.4) is 0 Å². The average Bonchev–Trinajstić information content (AvgIpc) is 2.46. The van der Waals surface area contributed by atoms with Gasteiger partial charge in [0.15, 0.2) is 6.61 Å². The molecule has 1 aliphatic rings. The van der Waals surface area contributed by atoms with Crippen molar-refractivity contribution in [1.82, 2.24) is 4.90 Å². The Morgan fingerprint density at radius 2 is 1.85 bits per heavy atom. The molecule has 0 saturated carbocycles. The summed E-state index contributed by atoms with van der Waals surface area (Å²) in [6.45, 7) is 1.15. The molecule has 1 aliphatic heterocycles. The van der Waals surface area contributed by atoms with Crippen LogP contribution in [0.2, 0.25) is 0 Å². The molecule has 1 aromatic rings. The Kier molecular flexibility index (Phi) is 5.00. The van der Waals surface area contributed by atoms with Crippen LogP contribution in [0, 0.1) is 5.92 Å². The number of primary amides is 1. The number of nitrogens with zero attached hydrogens (tertiary/aromatic N) is 1. The van der Waals surface area contributed by atoms with Crippen LogP contribution in [0.5, 0.6) is 5.75 Å². The van der Waals surface area contributed by atoms with Crippen LogP contribution in [0.1, 0.15) is 12.8 Å². The number of carbonyl (C=O) groups excluding carboxylic acids is 2. The van der Waals surface area contributed by atoms with Gasteiger partial charge in [-0.2, -0.15) is 0 Å². The van der Waals surface area contributed by atoms with E-state index in [1.165, 1.54) is 0 Å². The van der Waals surface area contributed by atoms with E-state index in [0.717, 1.165) is 4.47 Å². The topological polar surface area (TPSA) is 72.6 Å². The van der Waals surface area contributed by atoms with E-state index in [0.29, 0.717) is 31.7 Å². The van der Waals surface area contributed by atoms with Crippen molar-refractivity contribution in [1.29, 1.82) is 0 Å². The summed E-state index contributed by atoms with van der Waals surface area (Å²) in [7, 11) is 0. The van der Waals surface area contributed by atoms with Crippen molar-refractivity contribution in [2.75, 3.05) is 19.7 Å². The predicted octanol–water partition coefficient (Wildman–Crippen LogP) is 1.55. The summed E-state index contributed by atoms with van der Waals surface area (Å²) in [6, 6.07) is 7.32. The second-order valence-corrected chi connectivity index (χ2v) is 5.72. The molecule has 0 aliphatic carbocycles. The van der Waals surface area contributed by atoms with E-state index >= 15 is 0 Å². The SMILES string of the molecule is NC(=O)C1CCN(C(=O)COc2ccc(Br)cc2)CC1. The highest BCUT2D eigenvalue weighted by Gasteiger charge is 2.25. The van der Waals surface area contributed by atoms with E-state index in [-0.39, 0.29) is 24.3 Å². The van der Waals surface area contributed by atoms with E-state index in [4.69, 9.17) is 10.5 Å². The summed E-state index contributed by atoms with van der Waals surface area (Å²) in [5, 5.41) is 0. The number of likely N-dealkylation sites (tertiary alicyclic amines) is 1. The molecule has 1 aromatic carbocycles. The number of hydrogen-bond acceptors (Lipinski definition) is 3. The van der Waals surface area contributed by atoms with Crippen molar-refractivity contribution in [2.45, 2.75) is 12.8 Å². The third-order valence-electron chi connectivity index (χ3n) is 3.43. The first-order valence-electron chi connectivity index (χ1n) is 6.51. The molecule has 0 bridgehead atoms. The second kappa shape index (κ2) is 6.74. The van der Waals surface area contributed by atoms with Gasteiger partial charge >= 0.3 is 0 Å². The molecule has 1 saturated heterocycles. The fourth-order valence-corrected chi connectivity index (χ4v) is 2.44. The molecule has 0 atom stereocenters. The summed E-state index contributed by atoms with van der Waals surface area (Å²) in [4.78, 5) is 24.8. The van der Waals surface area contributed by atoms with Crippen molar-refractivity contribution in [2.24, 2.45) is 11.7 Å². The van der Waals surface area contributed by atoms with E-state index in [9.17, 15) is 9.59 Å². The number of halogens is 1. The zero-order valence-electron chi connectivity index (χ0n) is 11.0. The maximum atomic E-state index is 12.0. The van der Waals surface area contributed by atoms with Crippen molar-refractivity contribution < 1.29 is 14.3 Å². The zero-order chi connectivity index (χ0) is 14.5. The van der Waals surface area contributed by atoms with E-state index in [2.05, 4.69) is 15.9 Å². The van der Waals surface area contributed by atoms with Crippen molar-refractivity contribution in [3.05, 3.63) is 28.7 Å². The van der Waals surface area contributed by atoms with Gasteiger partial charge in [0.05, 0.1) is 0 Å². The lowest BCUT2D eigenvalue weighted by Crippen LogP contribution is -2.43. The fraction of sp³-hybridized carbons (Fsp3) is 0.429. The molecule has 6 heteroatoms. The lowest BCUT2D eigenvalue weighted by molar-refractivity contribution is -0.136. The summed E-state index contributed by atoms with van der Waals surface area (Å²) in [6.07, 6.45) is 1.28. The average molecular weight is 341 g/mol. The van der Waals surface area contributed by atoms with Gasteiger partial charge < -0.3 is 15.4 Å².